The summed E-state index contributed by atoms with van der Waals surface area (Å²) in [5.41, 5.74) is 0. The molecule has 64 valence electrons. The fourth-order valence-corrected chi connectivity index (χ4v) is 0.747. The first-order valence-electron chi connectivity index (χ1n) is 3.59. The van der Waals surface area contributed by atoms with Crippen molar-refractivity contribution in [1.29, 1.82) is 10.5 Å². The number of hydrogen-bond donors (Lipinski definition) is 1. The van der Waals surface area contributed by atoms with Crippen molar-refractivity contribution in [2.24, 2.45) is 4.99 Å². The van der Waals surface area contributed by atoms with Gasteiger partial charge < -0.3 is 4.90 Å². The predicted molar refractivity (Wildman–Crippen MR) is 44.7 cm³/mol. The van der Waals surface area contributed by atoms with Gasteiger partial charge in [0.1, 0.15) is 0 Å². The number of nitrogens with zero attached hydrogens (tertiary/aromatic N) is 4. The lowest BCUT2D eigenvalue weighted by Gasteiger charge is -2.16. The summed E-state index contributed by atoms with van der Waals surface area (Å²) in [6.07, 6.45) is 4.28. The van der Waals surface area contributed by atoms with Gasteiger partial charge in [0, 0.05) is 13.6 Å². The fourth-order valence-electron chi connectivity index (χ4n) is 0.747. The van der Waals surface area contributed by atoms with Gasteiger partial charge in [0.2, 0.25) is 12.2 Å². The normalized spacial score (nSPS) is 9.83. The van der Waals surface area contributed by atoms with E-state index in [0.717, 1.165) is 13.0 Å². The van der Waals surface area contributed by atoms with E-state index in [2.05, 4.69) is 10.3 Å². The van der Waals surface area contributed by atoms with Crippen LogP contribution in [0.4, 0.5) is 0 Å². The first-order valence-corrected chi connectivity index (χ1v) is 3.59. The van der Waals surface area contributed by atoms with E-state index in [-0.39, 0.29) is 0 Å². The molecule has 12 heavy (non-hydrogen) atoms. The zero-order chi connectivity index (χ0) is 9.40. The summed E-state index contributed by atoms with van der Waals surface area (Å²) in [6.45, 7) is 2.77. The molecule has 0 heterocycles. The maximum atomic E-state index is 8.30. The maximum Gasteiger partial charge on any atom is 0.222 e. The molecule has 0 fully saturated rings. The van der Waals surface area contributed by atoms with Gasteiger partial charge >= 0.3 is 0 Å². The summed E-state index contributed by atoms with van der Waals surface area (Å²) in [4.78, 5) is 5.16. The molecule has 0 aromatic rings. The highest BCUT2D eigenvalue weighted by molar-refractivity contribution is 5.81. The minimum atomic E-state index is 0.293. The number of nitrogens with one attached hydrogen (secondary N) is 1. The molecule has 5 nitrogen and oxygen atoms in total. The van der Waals surface area contributed by atoms with Crippen molar-refractivity contribution < 1.29 is 0 Å². The zero-order valence-corrected chi connectivity index (χ0v) is 7.20. The number of nitriles is 2. The van der Waals surface area contributed by atoms with Crippen LogP contribution in [-0.2, 0) is 0 Å². The predicted octanol–water partition coefficient (Wildman–Crippen LogP) is 0.236. The van der Waals surface area contributed by atoms with Gasteiger partial charge in [-0.3, -0.25) is 5.32 Å². The molecule has 0 aromatic carbocycles. The lowest BCUT2D eigenvalue weighted by atomic mass is 10.4. The summed E-state index contributed by atoms with van der Waals surface area (Å²) in [6, 6.07) is 0. The Hall–Kier alpha value is -1.75. The smallest absolute Gasteiger partial charge is 0.222 e. The highest BCUT2D eigenvalue weighted by atomic mass is 15.3. The molecule has 0 aliphatic rings. The molecule has 0 spiro atoms. The van der Waals surface area contributed by atoms with E-state index in [1.807, 2.05) is 6.92 Å². The van der Waals surface area contributed by atoms with Crippen LogP contribution in [0.15, 0.2) is 4.99 Å². The van der Waals surface area contributed by atoms with Crippen molar-refractivity contribution in [3.8, 4) is 12.4 Å². The van der Waals surface area contributed by atoms with Gasteiger partial charge in [-0.2, -0.15) is 10.5 Å². The number of hydrogen-bond acceptors (Lipinski definition) is 3. The quantitative estimate of drug-likeness (QED) is 0.275. The molecule has 0 atom stereocenters. The Balaban J connectivity index is 4.23. The molecule has 0 aliphatic carbocycles. The molecule has 0 radical (unpaired) electrons. The van der Waals surface area contributed by atoms with Gasteiger partial charge in [-0.15, -0.1) is 4.99 Å². The molecule has 0 bridgehead atoms. The van der Waals surface area contributed by atoms with E-state index < -0.39 is 0 Å². The molecule has 0 saturated heterocycles. The fraction of sp³-hybridized carbons (Fsp3) is 0.571. The average Bonchev–Trinajstić information content (AvgIpc) is 2.04. The standard InChI is InChI=1S/C7H11N5/c1-3-4-12(2)7(10-5-8)11-6-9/h3-4H2,1-2H3,(H,10,11). The molecular formula is C7H11N5. The van der Waals surface area contributed by atoms with E-state index in [0.29, 0.717) is 5.96 Å². The third-order valence-corrected chi connectivity index (χ3v) is 1.24. The lowest BCUT2D eigenvalue weighted by molar-refractivity contribution is 0.489. The second kappa shape index (κ2) is 5.99. The van der Waals surface area contributed by atoms with Crippen LogP contribution in [0, 0.1) is 22.9 Å². The molecule has 1 N–H and O–H groups in total. The summed E-state index contributed by atoms with van der Waals surface area (Å²) in [5.74, 6) is 0.293. The summed E-state index contributed by atoms with van der Waals surface area (Å²) in [5, 5.41) is 18.9. The SMILES string of the molecule is CCCN(C)C(=NC#N)NC#N. The second-order valence-corrected chi connectivity index (χ2v) is 2.19. The van der Waals surface area contributed by atoms with Crippen LogP contribution >= 0.6 is 0 Å². The molecule has 5 heteroatoms. The van der Waals surface area contributed by atoms with Crippen LogP contribution in [0.1, 0.15) is 13.3 Å². The van der Waals surface area contributed by atoms with Gasteiger partial charge in [0.15, 0.2) is 6.19 Å². The first kappa shape index (κ1) is 10.2. The lowest BCUT2D eigenvalue weighted by Crippen LogP contribution is -2.36. The Labute approximate surface area is 71.9 Å². The third-order valence-electron chi connectivity index (χ3n) is 1.24. The molecule has 0 amide bonds. The van der Waals surface area contributed by atoms with Gasteiger partial charge in [-0.05, 0) is 6.42 Å². The van der Waals surface area contributed by atoms with Crippen LogP contribution in [-0.4, -0.2) is 24.5 Å². The van der Waals surface area contributed by atoms with Crippen LogP contribution in [0.2, 0.25) is 0 Å². The number of rotatable bonds is 2. The Bertz CT molecular complexity index is 231. The highest BCUT2D eigenvalue weighted by Gasteiger charge is 2.02. The second-order valence-electron chi connectivity index (χ2n) is 2.19. The molecule has 0 aromatic heterocycles. The summed E-state index contributed by atoms with van der Waals surface area (Å²) < 4.78 is 0. The number of guanidine groups is 1. The Morgan fingerprint density at radius 3 is 2.67 bits per heavy atom. The maximum absolute atomic E-state index is 8.30. The first-order chi connectivity index (χ1) is 5.76. The Morgan fingerprint density at radius 1 is 1.58 bits per heavy atom. The van der Waals surface area contributed by atoms with Gasteiger partial charge in [-0.25, -0.2) is 0 Å². The highest BCUT2D eigenvalue weighted by Crippen LogP contribution is 1.87. The van der Waals surface area contributed by atoms with Gasteiger partial charge in [0.25, 0.3) is 0 Å². The van der Waals surface area contributed by atoms with E-state index in [4.69, 9.17) is 10.5 Å². The monoisotopic (exact) mass is 165 g/mol. The minimum Gasteiger partial charge on any atom is -0.344 e. The van der Waals surface area contributed by atoms with E-state index in [1.165, 1.54) is 0 Å². The summed E-state index contributed by atoms with van der Waals surface area (Å²) in [7, 11) is 1.77. The molecule has 0 rings (SSSR count). The van der Waals surface area contributed by atoms with E-state index >= 15 is 0 Å². The third kappa shape index (κ3) is 3.43. The zero-order valence-electron chi connectivity index (χ0n) is 7.20. The Morgan fingerprint density at radius 2 is 2.25 bits per heavy atom. The summed E-state index contributed by atoms with van der Waals surface area (Å²) >= 11 is 0. The van der Waals surface area contributed by atoms with Crippen molar-refractivity contribution in [2.75, 3.05) is 13.6 Å². The van der Waals surface area contributed by atoms with Gasteiger partial charge in [0.05, 0.1) is 0 Å². The average molecular weight is 165 g/mol. The van der Waals surface area contributed by atoms with Crippen LogP contribution in [0.25, 0.3) is 0 Å². The van der Waals surface area contributed by atoms with E-state index in [1.54, 1.807) is 24.3 Å². The van der Waals surface area contributed by atoms with Crippen molar-refractivity contribution >= 4 is 5.96 Å². The van der Waals surface area contributed by atoms with Crippen LogP contribution < -0.4 is 5.32 Å². The molecular weight excluding hydrogens is 154 g/mol. The van der Waals surface area contributed by atoms with Crippen molar-refractivity contribution in [2.45, 2.75) is 13.3 Å². The Kier molecular flexibility index (Phi) is 5.12. The van der Waals surface area contributed by atoms with Crippen LogP contribution in [0.3, 0.4) is 0 Å². The largest absolute Gasteiger partial charge is 0.344 e. The van der Waals surface area contributed by atoms with Crippen molar-refractivity contribution in [3.63, 3.8) is 0 Å². The van der Waals surface area contributed by atoms with Crippen molar-refractivity contribution in [1.82, 2.24) is 10.2 Å². The molecule has 0 saturated carbocycles. The molecule has 0 aliphatic heterocycles. The molecule has 0 unspecified atom stereocenters. The van der Waals surface area contributed by atoms with E-state index in [9.17, 15) is 0 Å². The van der Waals surface area contributed by atoms with Gasteiger partial charge in [-0.1, -0.05) is 6.92 Å². The van der Waals surface area contributed by atoms with Crippen LogP contribution in [0.5, 0.6) is 0 Å². The topological polar surface area (TPSA) is 75.2 Å². The number of aliphatic imine (C=N–C) groups is 1. The minimum absolute atomic E-state index is 0.293. The van der Waals surface area contributed by atoms with Crippen molar-refractivity contribution in [3.05, 3.63) is 0 Å².